The van der Waals surface area contributed by atoms with Crippen molar-refractivity contribution < 1.29 is 9.59 Å². The number of nitrogens with zero attached hydrogens (tertiary/aromatic N) is 1. The Kier molecular flexibility index (Phi) is 5.89. The maximum Gasteiger partial charge on any atom is 0.254 e. The van der Waals surface area contributed by atoms with Crippen molar-refractivity contribution in [3.05, 3.63) is 29.3 Å². The molecule has 4 nitrogen and oxygen atoms in total. The zero-order valence-corrected chi connectivity index (χ0v) is 12.2. The first-order valence-electron chi connectivity index (χ1n) is 6.33. The SMILES string of the molecule is CCCCN(CC(N)=O)C(=O)c1cc(S)ccc1C. The van der Waals surface area contributed by atoms with Gasteiger partial charge in [0, 0.05) is 17.0 Å². The Bertz CT molecular complexity index is 475. The Morgan fingerprint density at radius 2 is 2.05 bits per heavy atom. The average Bonchev–Trinajstić information content (AvgIpc) is 2.36. The van der Waals surface area contributed by atoms with Crippen molar-refractivity contribution in [3.63, 3.8) is 0 Å². The topological polar surface area (TPSA) is 63.4 Å². The van der Waals surface area contributed by atoms with Crippen LogP contribution in [-0.2, 0) is 4.79 Å². The van der Waals surface area contributed by atoms with E-state index in [1.54, 1.807) is 6.07 Å². The van der Waals surface area contributed by atoms with Crippen LogP contribution >= 0.6 is 12.6 Å². The maximum atomic E-state index is 12.4. The number of nitrogens with two attached hydrogens (primary N) is 1. The molecule has 0 heterocycles. The number of thiol groups is 1. The zero-order chi connectivity index (χ0) is 14.4. The lowest BCUT2D eigenvalue weighted by Crippen LogP contribution is -2.39. The monoisotopic (exact) mass is 280 g/mol. The van der Waals surface area contributed by atoms with E-state index in [9.17, 15) is 9.59 Å². The Balaban J connectivity index is 2.97. The molecule has 0 saturated heterocycles. The molecule has 1 aromatic rings. The third-order valence-corrected chi connectivity index (χ3v) is 3.15. The molecule has 0 unspecified atom stereocenters. The molecule has 0 radical (unpaired) electrons. The summed E-state index contributed by atoms with van der Waals surface area (Å²) in [6, 6.07) is 5.40. The van der Waals surface area contributed by atoms with Gasteiger partial charge in [-0.2, -0.15) is 0 Å². The summed E-state index contributed by atoms with van der Waals surface area (Å²) in [6.07, 6.45) is 1.80. The molecular formula is C14H20N2O2S. The summed E-state index contributed by atoms with van der Waals surface area (Å²) in [6.45, 7) is 4.39. The highest BCUT2D eigenvalue weighted by atomic mass is 32.1. The molecule has 0 aliphatic rings. The molecular weight excluding hydrogens is 260 g/mol. The van der Waals surface area contributed by atoms with Gasteiger partial charge in [-0.25, -0.2) is 0 Å². The first kappa shape index (κ1) is 15.6. The van der Waals surface area contributed by atoms with Crippen molar-refractivity contribution in [2.24, 2.45) is 5.73 Å². The van der Waals surface area contributed by atoms with Crippen LogP contribution in [0.25, 0.3) is 0 Å². The first-order chi connectivity index (χ1) is 8.95. The van der Waals surface area contributed by atoms with E-state index in [0.29, 0.717) is 12.1 Å². The lowest BCUT2D eigenvalue weighted by molar-refractivity contribution is -0.118. The molecule has 0 aliphatic carbocycles. The smallest absolute Gasteiger partial charge is 0.254 e. The van der Waals surface area contributed by atoms with Crippen LogP contribution in [0.2, 0.25) is 0 Å². The molecule has 0 atom stereocenters. The van der Waals surface area contributed by atoms with Crippen molar-refractivity contribution in [1.82, 2.24) is 4.90 Å². The molecule has 0 saturated carbocycles. The molecule has 2 N–H and O–H groups in total. The van der Waals surface area contributed by atoms with E-state index in [1.165, 1.54) is 4.90 Å². The molecule has 19 heavy (non-hydrogen) atoms. The van der Waals surface area contributed by atoms with Crippen molar-refractivity contribution in [2.45, 2.75) is 31.6 Å². The van der Waals surface area contributed by atoms with Crippen molar-refractivity contribution in [2.75, 3.05) is 13.1 Å². The molecule has 104 valence electrons. The number of hydrogen-bond donors (Lipinski definition) is 2. The van der Waals surface area contributed by atoms with Crippen LogP contribution in [0.1, 0.15) is 35.7 Å². The minimum absolute atomic E-state index is 0.0466. The van der Waals surface area contributed by atoms with Gasteiger partial charge in [0.2, 0.25) is 5.91 Å². The fourth-order valence-corrected chi connectivity index (χ4v) is 2.00. The van der Waals surface area contributed by atoms with E-state index >= 15 is 0 Å². The van der Waals surface area contributed by atoms with Gasteiger partial charge in [0.1, 0.15) is 0 Å². The maximum absolute atomic E-state index is 12.4. The molecule has 2 amide bonds. The number of carbonyl (C=O) groups is 2. The van der Waals surface area contributed by atoms with Gasteiger partial charge in [-0.1, -0.05) is 19.4 Å². The first-order valence-corrected chi connectivity index (χ1v) is 6.77. The third-order valence-electron chi connectivity index (χ3n) is 2.87. The van der Waals surface area contributed by atoms with Crippen molar-refractivity contribution >= 4 is 24.4 Å². The van der Waals surface area contributed by atoms with Crippen LogP contribution in [0.4, 0.5) is 0 Å². The van der Waals surface area contributed by atoms with Gasteiger partial charge in [-0.15, -0.1) is 12.6 Å². The van der Waals surface area contributed by atoms with Gasteiger partial charge in [0.05, 0.1) is 6.54 Å². The highest BCUT2D eigenvalue weighted by molar-refractivity contribution is 7.80. The third kappa shape index (κ3) is 4.59. The fourth-order valence-electron chi connectivity index (χ4n) is 1.80. The number of hydrogen-bond acceptors (Lipinski definition) is 3. The van der Waals surface area contributed by atoms with Gasteiger partial charge in [0.25, 0.3) is 5.91 Å². The van der Waals surface area contributed by atoms with Gasteiger partial charge in [0.15, 0.2) is 0 Å². The van der Waals surface area contributed by atoms with Gasteiger partial charge < -0.3 is 10.6 Å². The molecule has 0 aliphatic heterocycles. The summed E-state index contributed by atoms with van der Waals surface area (Å²) in [7, 11) is 0. The molecule has 0 fully saturated rings. The quantitative estimate of drug-likeness (QED) is 0.783. The highest BCUT2D eigenvalue weighted by Crippen LogP contribution is 2.16. The van der Waals surface area contributed by atoms with Crippen LogP contribution in [0.5, 0.6) is 0 Å². The number of rotatable bonds is 6. The van der Waals surface area contributed by atoms with E-state index in [-0.39, 0.29) is 12.5 Å². The molecule has 0 aromatic heterocycles. The Morgan fingerprint density at radius 3 is 2.63 bits per heavy atom. The molecule has 0 bridgehead atoms. The number of benzene rings is 1. The van der Waals surface area contributed by atoms with E-state index < -0.39 is 5.91 Å². The Labute approximate surface area is 119 Å². The average molecular weight is 280 g/mol. The zero-order valence-electron chi connectivity index (χ0n) is 11.3. The van der Waals surface area contributed by atoms with Crippen LogP contribution in [0.15, 0.2) is 23.1 Å². The second kappa shape index (κ2) is 7.19. The van der Waals surface area contributed by atoms with E-state index in [4.69, 9.17) is 5.73 Å². The number of carbonyl (C=O) groups excluding carboxylic acids is 2. The molecule has 1 rings (SSSR count). The van der Waals surface area contributed by atoms with Gasteiger partial charge >= 0.3 is 0 Å². The standard InChI is InChI=1S/C14H20N2O2S/c1-3-4-7-16(9-13(15)17)14(18)12-8-11(19)6-5-10(12)2/h5-6,8,19H,3-4,7,9H2,1-2H3,(H2,15,17). The summed E-state index contributed by atoms with van der Waals surface area (Å²) in [5.41, 5.74) is 6.64. The fraction of sp³-hybridized carbons (Fsp3) is 0.429. The predicted octanol–water partition coefficient (Wildman–Crippen LogP) is 2.01. The van der Waals surface area contributed by atoms with Gasteiger partial charge in [-0.05, 0) is 31.0 Å². The summed E-state index contributed by atoms with van der Waals surface area (Å²) in [4.78, 5) is 25.7. The summed E-state index contributed by atoms with van der Waals surface area (Å²) in [5, 5.41) is 0. The molecule has 1 aromatic carbocycles. The van der Waals surface area contributed by atoms with Crippen molar-refractivity contribution in [3.8, 4) is 0 Å². The summed E-state index contributed by atoms with van der Waals surface area (Å²) >= 11 is 4.24. The predicted molar refractivity (Wildman–Crippen MR) is 78.4 cm³/mol. The summed E-state index contributed by atoms with van der Waals surface area (Å²) < 4.78 is 0. The number of aryl methyl sites for hydroxylation is 1. The number of primary amides is 1. The normalized spacial score (nSPS) is 10.3. The number of unbranched alkanes of at least 4 members (excludes halogenated alkanes) is 1. The minimum atomic E-state index is -0.496. The minimum Gasteiger partial charge on any atom is -0.368 e. The second-order valence-electron chi connectivity index (χ2n) is 4.55. The van der Waals surface area contributed by atoms with Crippen LogP contribution in [0.3, 0.4) is 0 Å². The van der Waals surface area contributed by atoms with E-state index in [1.807, 2.05) is 26.0 Å². The van der Waals surface area contributed by atoms with Gasteiger partial charge in [-0.3, -0.25) is 9.59 Å². The summed E-state index contributed by atoms with van der Waals surface area (Å²) in [5.74, 6) is -0.662. The Morgan fingerprint density at radius 1 is 1.37 bits per heavy atom. The van der Waals surface area contributed by atoms with Crippen molar-refractivity contribution in [1.29, 1.82) is 0 Å². The van der Waals surface area contributed by atoms with Crippen LogP contribution in [0, 0.1) is 6.92 Å². The largest absolute Gasteiger partial charge is 0.368 e. The van der Waals surface area contributed by atoms with E-state index in [2.05, 4.69) is 12.6 Å². The lowest BCUT2D eigenvalue weighted by Gasteiger charge is -2.22. The van der Waals surface area contributed by atoms with Crippen LogP contribution < -0.4 is 5.73 Å². The van der Waals surface area contributed by atoms with E-state index in [0.717, 1.165) is 23.3 Å². The second-order valence-corrected chi connectivity index (χ2v) is 5.06. The molecule has 5 heteroatoms. The number of amides is 2. The lowest BCUT2D eigenvalue weighted by atomic mass is 10.1. The highest BCUT2D eigenvalue weighted by Gasteiger charge is 2.19. The Hall–Kier alpha value is -1.49. The molecule has 0 spiro atoms. The van der Waals surface area contributed by atoms with Crippen LogP contribution in [-0.4, -0.2) is 29.8 Å².